The molecule has 0 saturated carbocycles. The molecule has 1 saturated heterocycles. The molecule has 0 spiro atoms. The average molecular weight is 219 g/mol. The van der Waals surface area contributed by atoms with E-state index in [1.165, 1.54) is 5.69 Å². The van der Waals surface area contributed by atoms with Crippen LogP contribution in [0.5, 0.6) is 0 Å². The molecule has 0 aliphatic carbocycles. The summed E-state index contributed by atoms with van der Waals surface area (Å²) < 4.78 is 0. The number of nitrogens with two attached hydrogens (primary N) is 1. The Morgan fingerprint density at radius 2 is 1.94 bits per heavy atom. The van der Waals surface area contributed by atoms with Crippen LogP contribution in [-0.4, -0.2) is 43.1 Å². The van der Waals surface area contributed by atoms with Gasteiger partial charge in [-0.2, -0.15) is 0 Å². The number of anilines is 2. The van der Waals surface area contributed by atoms with Gasteiger partial charge < -0.3 is 20.5 Å². The van der Waals surface area contributed by atoms with Crippen LogP contribution in [-0.2, 0) is 0 Å². The summed E-state index contributed by atoms with van der Waals surface area (Å²) in [5.41, 5.74) is 7.74. The van der Waals surface area contributed by atoms with Crippen molar-refractivity contribution >= 4 is 18.4 Å². The molecule has 16 heavy (non-hydrogen) atoms. The minimum atomic E-state index is -0.344. The summed E-state index contributed by atoms with van der Waals surface area (Å²) >= 11 is 0. The standard InChI is InChI=1S/C11H18BN3O/c1-12(16)15-7-5-14(6-8-15)11-4-2-3-10(13)9-11/h2-4,9,16H,5-8,13H2,1H3. The topological polar surface area (TPSA) is 52.7 Å². The highest BCUT2D eigenvalue weighted by Crippen LogP contribution is 2.19. The van der Waals surface area contributed by atoms with Crippen LogP contribution in [0, 0.1) is 0 Å². The first-order chi connectivity index (χ1) is 7.66. The highest BCUT2D eigenvalue weighted by molar-refractivity contribution is 6.45. The number of piperazine rings is 1. The summed E-state index contributed by atoms with van der Waals surface area (Å²) in [4.78, 5) is 4.37. The van der Waals surface area contributed by atoms with Gasteiger partial charge in [-0.15, -0.1) is 0 Å². The zero-order valence-electron chi connectivity index (χ0n) is 9.63. The van der Waals surface area contributed by atoms with Gasteiger partial charge in [0.2, 0.25) is 0 Å². The first-order valence-corrected chi connectivity index (χ1v) is 5.69. The van der Waals surface area contributed by atoms with E-state index in [0.29, 0.717) is 0 Å². The van der Waals surface area contributed by atoms with Gasteiger partial charge in [-0.1, -0.05) is 6.07 Å². The SMILES string of the molecule is CB(O)N1CCN(c2cccc(N)c2)CC1. The molecule has 0 unspecified atom stereocenters. The fraction of sp³-hybridized carbons (Fsp3) is 0.455. The Hall–Kier alpha value is -1.20. The Labute approximate surface area is 96.8 Å². The zero-order valence-corrected chi connectivity index (χ0v) is 9.63. The highest BCUT2D eigenvalue weighted by atomic mass is 16.2. The molecule has 1 fully saturated rings. The van der Waals surface area contributed by atoms with E-state index in [1.54, 1.807) is 0 Å². The van der Waals surface area contributed by atoms with Crippen LogP contribution in [0.2, 0.25) is 6.82 Å². The van der Waals surface area contributed by atoms with Crippen molar-refractivity contribution in [3.8, 4) is 0 Å². The Morgan fingerprint density at radius 1 is 1.25 bits per heavy atom. The second kappa shape index (κ2) is 4.76. The van der Waals surface area contributed by atoms with Crippen molar-refractivity contribution in [1.82, 2.24) is 4.81 Å². The van der Waals surface area contributed by atoms with E-state index in [-0.39, 0.29) is 7.05 Å². The molecule has 0 bridgehead atoms. The lowest BCUT2D eigenvalue weighted by molar-refractivity contribution is 0.344. The number of rotatable bonds is 2. The third-order valence-electron chi connectivity index (χ3n) is 3.08. The van der Waals surface area contributed by atoms with Crippen LogP contribution in [0.4, 0.5) is 11.4 Å². The van der Waals surface area contributed by atoms with E-state index in [4.69, 9.17) is 5.73 Å². The van der Waals surface area contributed by atoms with Crippen molar-refractivity contribution in [1.29, 1.82) is 0 Å². The fourth-order valence-electron chi connectivity index (χ4n) is 2.08. The maximum absolute atomic E-state index is 9.47. The summed E-state index contributed by atoms with van der Waals surface area (Å²) in [5, 5.41) is 9.47. The Morgan fingerprint density at radius 3 is 2.50 bits per heavy atom. The minimum absolute atomic E-state index is 0.344. The molecular weight excluding hydrogens is 201 g/mol. The third kappa shape index (κ3) is 2.48. The van der Waals surface area contributed by atoms with E-state index in [2.05, 4.69) is 15.8 Å². The molecule has 0 amide bonds. The number of nitrogens with zero attached hydrogens (tertiary/aromatic N) is 2. The zero-order chi connectivity index (χ0) is 11.5. The Balaban J connectivity index is 1.99. The van der Waals surface area contributed by atoms with Crippen molar-refractivity contribution in [2.75, 3.05) is 36.8 Å². The predicted molar refractivity (Wildman–Crippen MR) is 68.5 cm³/mol. The lowest BCUT2D eigenvalue weighted by Crippen LogP contribution is -2.51. The number of hydrogen-bond donors (Lipinski definition) is 2. The largest absolute Gasteiger partial charge is 0.437 e. The van der Waals surface area contributed by atoms with E-state index in [1.807, 2.05) is 25.0 Å². The molecule has 1 aliphatic heterocycles. The Kier molecular flexibility index (Phi) is 3.36. The molecule has 1 aromatic carbocycles. The monoisotopic (exact) mass is 219 g/mol. The summed E-state index contributed by atoms with van der Waals surface area (Å²) in [6.45, 7) is 5.48. The molecule has 1 aliphatic rings. The molecule has 1 aromatic rings. The van der Waals surface area contributed by atoms with Gasteiger partial charge in [0.1, 0.15) is 0 Å². The highest BCUT2D eigenvalue weighted by Gasteiger charge is 2.22. The summed E-state index contributed by atoms with van der Waals surface area (Å²) in [5.74, 6) is 0. The van der Waals surface area contributed by atoms with Crippen molar-refractivity contribution < 1.29 is 5.02 Å². The molecule has 1 heterocycles. The van der Waals surface area contributed by atoms with Gasteiger partial charge in [-0.3, -0.25) is 0 Å². The molecule has 86 valence electrons. The minimum Gasteiger partial charge on any atom is -0.437 e. The van der Waals surface area contributed by atoms with Crippen molar-refractivity contribution in [3.63, 3.8) is 0 Å². The smallest absolute Gasteiger partial charge is 0.376 e. The molecular formula is C11H18BN3O. The van der Waals surface area contributed by atoms with Gasteiger partial charge in [-0.05, 0) is 25.0 Å². The van der Waals surface area contributed by atoms with Crippen LogP contribution < -0.4 is 10.6 Å². The van der Waals surface area contributed by atoms with Crippen molar-refractivity contribution in [2.45, 2.75) is 6.82 Å². The third-order valence-corrected chi connectivity index (χ3v) is 3.08. The van der Waals surface area contributed by atoms with Gasteiger partial charge in [0.15, 0.2) is 0 Å². The molecule has 2 rings (SSSR count). The van der Waals surface area contributed by atoms with Crippen LogP contribution in [0.1, 0.15) is 0 Å². The molecule has 0 atom stereocenters. The lowest BCUT2D eigenvalue weighted by Gasteiger charge is -2.36. The molecule has 0 radical (unpaired) electrons. The van der Waals surface area contributed by atoms with Crippen LogP contribution in [0.25, 0.3) is 0 Å². The summed E-state index contributed by atoms with van der Waals surface area (Å²) in [6, 6.07) is 7.95. The van der Waals surface area contributed by atoms with Gasteiger partial charge in [-0.25, -0.2) is 0 Å². The second-order valence-corrected chi connectivity index (χ2v) is 4.25. The average Bonchev–Trinajstić information content (AvgIpc) is 2.29. The fourth-order valence-corrected chi connectivity index (χ4v) is 2.08. The van der Waals surface area contributed by atoms with E-state index in [0.717, 1.165) is 31.9 Å². The van der Waals surface area contributed by atoms with Gasteiger partial charge in [0.25, 0.3) is 0 Å². The van der Waals surface area contributed by atoms with E-state index >= 15 is 0 Å². The maximum atomic E-state index is 9.47. The van der Waals surface area contributed by atoms with Crippen LogP contribution in [0.15, 0.2) is 24.3 Å². The lowest BCUT2D eigenvalue weighted by atomic mass is 9.84. The van der Waals surface area contributed by atoms with E-state index < -0.39 is 0 Å². The van der Waals surface area contributed by atoms with Gasteiger partial charge in [0.05, 0.1) is 0 Å². The number of hydrogen-bond acceptors (Lipinski definition) is 4. The first-order valence-electron chi connectivity index (χ1n) is 5.69. The predicted octanol–water partition coefficient (Wildman–Crippen LogP) is 0.501. The first kappa shape index (κ1) is 11.3. The molecule has 4 nitrogen and oxygen atoms in total. The maximum Gasteiger partial charge on any atom is 0.376 e. The van der Waals surface area contributed by atoms with Crippen molar-refractivity contribution in [3.05, 3.63) is 24.3 Å². The van der Waals surface area contributed by atoms with Crippen LogP contribution >= 0.6 is 0 Å². The quantitative estimate of drug-likeness (QED) is 0.561. The van der Waals surface area contributed by atoms with Gasteiger partial charge in [0, 0.05) is 37.6 Å². The summed E-state index contributed by atoms with van der Waals surface area (Å²) in [7, 11) is -0.344. The molecule has 0 aromatic heterocycles. The molecule has 5 heteroatoms. The van der Waals surface area contributed by atoms with Crippen molar-refractivity contribution in [2.24, 2.45) is 0 Å². The van der Waals surface area contributed by atoms with Crippen LogP contribution in [0.3, 0.4) is 0 Å². The normalized spacial score (nSPS) is 17.5. The number of benzene rings is 1. The molecule has 3 N–H and O–H groups in total. The van der Waals surface area contributed by atoms with E-state index in [9.17, 15) is 5.02 Å². The summed E-state index contributed by atoms with van der Waals surface area (Å²) in [6.07, 6.45) is 0. The second-order valence-electron chi connectivity index (χ2n) is 4.25. The van der Waals surface area contributed by atoms with Gasteiger partial charge >= 0.3 is 7.05 Å². The Bertz CT molecular complexity index is 351. The number of nitrogen functional groups attached to an aromatic ring is 1.